The minimum Gasteiger partial charge on any atom is -0.497 e. The third kappa shape index (κ3) is 5.28. The zero-order valence-corrected chi connectivity index (χ0v) is 18.8. The molecule has 0 bridgehead atoms. The Bertz CT molecular complexity index is 848. The van der Waals surface area contributed by atoms with Crippen molar-refractivity contribution in [1.29, 1.82) is 0 Å². The fraction of sp³-hybridized carbons (Fsp3) is 0.500. The molecule has 1 saturated heterocycles. The second-order valence-electron chi connectivity index (χ2n) is 8.21. The molecule has 0 saturated carbocycles. The van der Waals surface area contributed by atoms with E-state index in [4.69, 9.17) is 9.15 Å². The average Bonchev–Trinajstić information content (AvgIpc) is 3.40. The van der Waals surface area contributed by atoms with E-state index in [0.29, 0.717) is 13.1 Å². The quantitative estimate of drug-likeness (QED) is 0.629. The first-order valence-electron chi connectivity index (χ1n) is 10.9. The number of ether oxygens (including phenoxy) is 1. The van der Waals surface area contributed by atoms with Crippen LogP contribution in [-0.4, -0.2) is 55.9 Å². The fourth-order valence-corrected chi connectivity index (χ4v) is 4.18. The predicted molar refractivity (Wildman–Crippen MR) is 119 cm³/mol. The number of hydrogen-bond donors (Lipinski definition) is 1. The number of rotatable bonds is 10. The van der Waals surface area contributed by atoms with Crippen molar-refractivity contribution >= 4 is 11.8 Å². The van der Waals surface area contributed by atoms with Crippen molar-refractivity contribution in [1.82, 2.24) is 15.1 Å². The summed E-state index contributed by atoms with van der Waals surface area (Å²) in [5.74, 6) is 1.04. The van der Waals surface area contributed by atoms with E-state index in [1.54, 1.807) is 13.4 Å². The maximum Gasteiger partial charge on any atom is 0.226 e. The zero-order chi connectivity index (χ0) is 22.4. The Morgan fingerprint density at radius 3 is 2.61 bits per heavy atom. The molecule has 1 fully saturated rings. The van der Waals surface area contributed by atoms with E-state index in [-0.39, 0.29) is 30.3 Å². The summed E-state index contributed by atoms with van der Waals surface area (Å²) >= 11 is 0. The lowest BCUT2D eigenvalue weighted by atomic mass is 9.92. The van der Waals surface area contributed by atoms with Crippen molar-refractivity contribution in [2.75, 3.05) is 34.3 Å². The van der Waals surface area contributed by atoms with Crippen LogP contribution in [0.15, 0.2) is 47.1 Å². The van der Waals surface area contributed by atoms with Gasteiger partial charge in [-0.2, -0.15) is 0 Å². The molecule has 31 heavy (non-hydrogen) atoms. The van der Waals surface area contributed by atoms with Gasteiger partial charge in [0.25, 0.3) is 0 Å². The first kappa shape index (κ1) is 22.9. The highest BCUT2D eigenvalue weighted by Gasteiger charge is 2.44. The molecule has 1 aromatic heterocycles. The number of likely N-dealkylation sites (tertiary alicyclic amines) is 1. The molecule has 1 aromatic carbocycles. The van der Waals surface area contributed by atoms with Crippen LogP contribution < -0.4 is 10.1 Å². The average molecular weight is 428 g/mol. The molecule has 0 spiro atoms. The smallest absolute Gasteiger partial charge is 0.226 e. The second-order valence-corrected chi connectivity index (χ2v) is 8.21. The van der Waals surface area contributed by atoms with Gasteiger partial charge in [0.1, 0.15) is 11.5 Å². The molecule has 168 valence electrons. The van der Waals surface area contributed by atoms with Crippen LogP contribution in [-0.2, 0) is 9.59 Å². The van der Waals surface area contributed by atoms with Crippen LogP contribution in [0.5, 0.6) is 5.75 Å². The number of carbonyl (C=O) groups is 2. The normalized spacial score (nSPS) is 19.6. The highest BCUT2D eigenvalue weighted by Crippen LogP contribution is 2.39. The Labute approximate surface area is 184 Å². The molecule has 2 heterocycles. The van der Waals surface area contributed by atoms with E-state index in [1.165, 1.54) is 0 Å². The van der Waals surface area contributed by atoms with Gasteiger partial charge in [-0.3, -0.25) is 14.5 Å². The van der Waals surface area contributed by atoms with Crippen molar-refractivity contribution in [2.45, 2.75) is 38.3 Å². The van der Waals surface area contributed by atoms with Gasteiger partial charge in [0.15, 0.2) is 0 Å². The third-order valence-electron chi connectivity index (χ3n) is 5.94. The fourth-order valence-electron chi connectivity index (χ4n) is 4.18. The molecule has 7 nitrogen and oxygen atoms in total. The number of methoxy groups -OCH3 is 1. The van der Waals surface area contributed by atoms with Crippen molar-refractivity contribution in [3.8, 4) is 5.75 Å². The van der Waals surface area contributed by atoms with Gasteiger partial charge in [0, 0.05) is 19.5 Å². The third-order valence-corrected chi connectivity index (χ3v) is 5.94. The summed E-state index contributed by atoms with van der Waals surface area (Å²) in [5.41, 5.74) is 0.957. The van der Waals surface area contributed by atoms with Crippen molar-refractivity contribution in [2.24, 2.45) is 5.92 Å². The number of furan rings is 1. The van der Waals surface area contributed by atoms with Crippen molar-refractivity contribution in [3.05, 3.63) is 54.0 Å². The van der Waals surface area contributed by atoms with E-state index in [9.17, 15) is 9.59 Å². The molecule has 3 unspecified atom stereocenters. The number of carbonyl (C=O) groups excluding carboxylic acids is 2. The lowest BCUT2D eigenvalue weighted by Crippen LogP contribution is -2.39. The Kier molecular flexibility index (Phi) is 7.74. The summed E-state index contributed by atoms with van der Waals surface area (Å²) in [6, 6.07) is 11.1. The van der Waals surface area contributed by atoms with E-state index in [1.807, 2.05) is 60.3 Å². The zero-order valence-electron chi connectivity index (χ0n) is 18.8. The number of likely N-dealkylation sites (N-methyl/N-ethyl adjacent to an activating group) is 1. The number of nitrogens with one attached hydrogen (secondary N) is 1. The molecule has 3 atom stereocenters. The highest BCUT2D eigenvalue weighted by molar-refractivity contribution is 5.90. The van der Waals surface area contributed by atoms with Gasteiger partial charge in [0.2, 0.25) is 11.8 Å². The van der Waals surface area contributed by atoms with Crippen LogP contribution in [0.1, 0.15) is 49.6 Å². The molecular formula is C24H33N3O4. The summed E-state index contributed by atoms with van der Waals surface area (Å²) in [4.78, 5) is 30.0. The summed E-state index contributed by atoms with van der Waals surface area (Å²) in [7, 11) is 5.52. The Balaban J connectivity index is 1.79. The standard InChI is InChI=1S/C24H33N3O4/c1-5-6-13-27-22(28)15-19(23(27)17-9-11-18(30-4)12-10-17)24(29)25-16-20(26(2)3)21-8-7-14-31-21/h7-12,14,19-20,23H,5-6,13,15-16H2,1-4H3,(H,25,29). The molecule has 1 N–H and O–H groups in total. The maximum absolute atomic E-state index is 13.2. The molecule has 0 radical (unpaired) electrons. The number of benzene rings is 1. The van der Waals surface area contributed by atoms with Gasteiger partial charge in [-0.25, -0.2) is 0 Å². The summed E-state index contributed by atoms with van der Waals surface area (Å²) in [5, 5.41) is 3.07. The summed E-state index contributed by atoms with van der Waals surface area (Å²) in [6.45, 7) is 3.17. The van der Waals surface area contributed by atoms with Gasteiger partial charge < -0.3 is 19.4 Å². The molecule has 0 aliphatic carbocycles. The maximum atomic E-state index is 13.2. The highest BCUT2D eigenvalue weighted by atomic mass is 16.5. The molecule has 3 rings (SSSR count). The van der Waals surface area contributed by atoms with Gasteiger partial charge in [-0.15, -0.1) is 0 Å². The van der Waals surface area contributed by atoms with Crippen molar-refractivity contribution < 1.29 is 18.7 Å². The van der Waals surface area contributed by atoms with Gasteiger partial charge >= 0.3 is 0 Å². The molecule has 1 aliphatic rings. The van der Waals surface area contributed by atoms with E-state index < -0.39 is 5.92 Å². The molecule has 2 aromatic rings. The second kappa shape index (κ2) is 10.5. The van der Waals surface area contributed by atoms with Crippen molar-refractivity contribution in [3.63, 3.8) is 0 Å². The SMILES string of the molecule is CCCCN1C(=O)CC(C(=O)NCC(c2ccco2)N(C)C)C1c1ccc(OC)cc1. The largest absolute Gasteiger partial charge is 0.497 e. The van der Waals surface area contributed by atoms with E-state index in [2.05, 4.69) is 12.2 Å². The summed E-state index contributed by atoms with van der Waals surface area (Å²) in [6.07, 6.45) is 3.76. The first-order valence-corrected chi connectivity index (χ1v) is 10.9. The molecule has 7 heteroatoms. The van der Waals surface area contributed by atoms with Crippen LogP contribution >= 0.6 is 0 Å². The predicted octanol–water partition coefficient (Wildman–Crippen LogP) is 3.40. The van der Waals surface area contributed by atoms with Crippen LogP contribution in [0.25, 0.3) is 0 Å². The monoisotopic (exact) mass is 427 g/mol. The number of hydrogen-bond acceptors (Lipinski definition) is 5. The Morgan fingerprint density at radius 1 is 1.29 bits per heavy atom. The topological polar surface area (TPSA) is 75.0 Å². The number of amides is 2. The minimum atomic E-state index is -0.433. The van der Waals surface area contributed by atoms with E-state index in [0.717, 1.165) is 29.9 Å². The van der Waals surface area contributed by atoms with Gasteiger partial charge in [-0.1, -0.05) is 25.5 Å². The summed E-state index contributed by atoms with van der Waals surface area (Å²) < 4.78 is 10.8. The first-order chi connectivity index (χ1) is 15.0. The molecule has 2 amide bonds. The molecular weight excluding hydrogens is 394 g/mol. The van der Waals surface area contributed by atoms with Crippen LogP contribution in [0.4, 0.5) is 0 Å². The Morgan fingerprint density at radius 2 is 2.03 bits per heavy atom. The lowest BCUT2D eigenvalue weighted by molar-refractivity contribution is -0.129. The van der Waals surface area contributed by atoms with Crippen LogP contribution in [0.2, 0.25) is 0 Å². The Hall–Kier alpha value is -2.80. The number of nitrogens with zero attached hydrogens (tertiary/aromatic N) is 2. The van der Waals surface area contributed by atoms with Crippen LogP contribution in [0.3, 0.4) is 0 Å². The van der Waals surface area contributed by atoms with Crippen LogP contribution in [0, 0.1) is 5.92 Å². The molecule has 1 aliphatic heterocycles. The van der Waals surface area contributed by atoms with Gasteiger partial charge in [-0.05, 0) is 50.3 Å². The minimum absolute atomic E-state index is 0.0320. The number of unbranched alkanes of at least 4 members (excludes halogenated alkanes) is 1. The van der Waals surface area contributed by atoms with Gasteiger partial charge in [0.05, 0.1) is 31.4 Å². The van der Waals surface area contributed by atoms with E-state index >= 15 is 0 Å². The lowest BCUT2D eigenvalue weighted by Gasteiger charge is -2.29.